The first kappa shape index (κ1) is 15.0. The summed E-state index contributed by atoms with van der Waals surface area (Å²) in [6, 6.07) is 8.03. The molecule has 1 aliphatic heterocycles. The summed E-state index contributed by atoms with van der Waals surface area (Å²) < 4.78 is 27.2. The summed E-state index contributed by atoms with van der Waals surface area (Å²) in [5.74, 6) is 0. The van der Waals surface area contributed by atoms with Crippen molar-refractivity contribution in [2.24, 2.45) is 5.41 Å². The van der Waals surface area contributed by atoms with E-state index in [1.165, 1.54) is 12.1 Å². The van der Waals surface area contributed by atoms with Gasteiger partial charge in [0.25, 0.3) is 0 Å². The number of hydrogen-bond acceptors (Lipinski definition) is 4. The summed E-state index contributed by atoms with van der Waals surface area (Å²) in [6.07, 6.45) is 1.90. The fourth-order valence-corrected chi connectivity index (χ4v) is 3.54. The van der Waals surface area contributed by atoms with Crippen LogP contribution in [0.3, 0.4) is 0 Å². The van der Waals surface area contributed by atoms with Crippen molar-refractivity contribution in [2.45, 2.75) is 24.7 Å². The number of nitriles is 1. The van der Waals surface area contributed by atoms with Crippen molar-refractivity contribution in [1.82, 2.24) is 10.0 Å². The van der Waals surface area contributed by atoms with Gasteiger partial charge in [0.15, 0.2) is 0 Å². The lowest BCUT2D eigenvalue weighted by Crippen LogP contribution is -2.42. The fourth-order valence-electron chi connectivity index (χ4n) is 2.29. The second-order valence-corrected chi connectivity index (χ2v) is 7.29. The van der Waals surface area contributed by atoms with Crippen LogP contribution in [0.5, 0.6) is 0 Å². The molecule has 2 N–H and O–H groups in total. The van der Waals surface area contributed by atoms with Gasteiger partial charge in [-0.15, -0.1) is 0 Å². The Bertz CT molecular complexity index is 614. The van der Waals surface area contributed by atoms with E-state index in [4.69, 9.17) is 5.26 Å². The summed E-state index contributed by atoms with van der Waals surface area (Å²) in [7, 11) is -3.55. The number of rotatable bonds is 4. The molecule has 1 heterocycles. The van der Waals surface area contributed by atoms with E-state index in [0.29, 0.717) is 12.1 Å². The first-order chi connectivity index (χ1) is 9.45. The van der Waals surface area contributed by atoms with Crippen LogP contribution in [0.15, 0.2) is 29.2 Å². The number of hydrogen-bond donors (Lipinski definition) is 2. The highest BCUT2D eigenvalue weighted by Crippen LogP contribution is 2.27. The monoisotopic (exact) mass is 293 g/mol. The topological polar surface area (TPSA) is 82.0 Å². The molecule has 0 amide bonds. The SMILES string of the molecule is CC1(CNS(=O)(=O)c2cccc(C#N)c2)CCNCC1. The lowest BCUT2D eigenvalue weighted by molar-refractivity contribution is 0.232. The van der Waals surface area contributed by atoms with Crippen LogP contribution < -0.4 is 10.0 Å². The Hall–Kier alpha value is -1.42. The molecular formula is C14H19N3O2S. The maximum atomic E-state index is 12.2. The minimum absolute atomic E-state index is 0.00877. The van der Waals surface area contributed by atoms with E-state index in [9.17, 15) is 8.42 Å². The molecule has 1 aliphatic rings. The Morgan fingerprint density at radius 1 is 1.40 bits per heavy atom. The molecule has 0 spiro atoms. The lowest BCUT2D eigenvalue weighted by Gasteiger charge is -2.34. The minimum Gasteiger partial charge on any atom is -0.317 e. The molecule has 0 aliphatic carbocycles. The maximum absolute atomic E-state index is 12.2. The summed E-state index contributed by atoms with van der Waals surface area (Å²) >= 11 is 0. The van der Waals surface area contributed by atoms with Gasteiger partial charge in [0, 0.05) is 6.54 Å². The molecule has 20 heavy (non-hydrogen) atoms. The van der Waals surface area contributed by atoms with Crippen LogP contribution in [-0.2, 0) is 10.0 Å². The molecule has 0 radical (unpaired) electrons. The van der Waals surface area contributed by atoms with Crippen molar-refractivity contribution < 1.29 is 8.42 Å². The lowest BCUT2D eigenvalue weighted by atomic mass is 9.81. The van der Waals surface area contributed by atoms with Crippen molar-refractivity contribution in [3.63, 3.8) is 0 Å². The Kier molecular flexibility index (Phi) is 4.43. The second-order valence-electron chi connectivity index (χ2n) is 5.52. The first-order valence-corrected chi connectivity index (χ1v) is 8.14. The van der Waals surface area contributed by atoms with E-state index in [-0.39, 0.29) is 10.3 Å². The molecule has 0 unspecified atom stereocenters. The number of piperidine rings is 1. The third-order valence-electron chi connectivity index (χ3n) is 3.77. The van der Waals surface area contributed by atoms with Crippen LogP contribution in [0.1, 0.15) is 25.3 Å². The Morgan fingerprint density at radius 2 is 2.10 bits per heavy atom. The molecule has 1 aromatic carbocycles. The van der Waals surface area contributed by atoms with E-state index >= 15 is 0 Å². The average Bonchev–Trinajstić information content (AvgIpc) is 2.46. The van der Waals surface area contributed by atoms with Crippen molar-refractivity contribution >= 4 is 10.0 Å². The van der Waals surface area contributed by atoms with Crippen molar-refractivity contribution in [1.29, 1.82) is 5.26 Å². The predicted octanol–water partition coefficient (Wildman–Crippen LogP) is 1.23. The van der Waals surface area contributed by atoms with Gasteiger partial charge in [0.1, 0.15) is 0 Å². The molecule has 1 saturated heterocycles. The van der Waals surface area contributed by atoms with Gasteiger partial charge in [0.2, 0.25) is 10.0 Å². The van der Waals surface area contributed by atoms with Crippen LogP contribution in [-0.4, -0.2) is 28.1 Å². The molecule has 1 aromatic rings. The predicted molar refractivity (Wildman–Crippen MR) is 76.6 cm³/mol. The standard InChI is InChI=1S/C14H19N3O2S/c1-14(5-7-16-8-6-14)11-17-20(18,19)13-4-2-3-12(9-13)10-15/h2-4,9,16-17H,5-8,11H2,1H3. The number of sulfonamides is 1. The summed E-state index contributed by atoms with van der Waals surface area (Å²) in [4.78, 5) is 0.147. The van der Waals surface area contributed by atoms with Crippen LogP contribution >= 0.6 is 0 Å². The second kappa shape index (κ2) is 5.92. The zero-order valence-electron chi connectivity index (χ0n) is 11.5. The van der Waals surface area contributed by atoms with Crippen LogP contribution in [0.25, 0.3) is 0 Å². The number of nitrogens with one attached hydrogen (secondary N) is 2. The van der Waals surface area contributed by atoms with Gasteiger partial charge >= 0.3 is 0 Å². The number of nitrogens with zero attached hydrogens (tertiary/aromatic N) is 1. The summed E-state index contributed by atoms with van der Waals surface area (Å²) in [5, 5.41) is 12.1. The third-order valence-corrected chi connectivity index (χ3v) is 5.17. The summed E-state index contributed by atoms with van der Waals surface area (Å²) in [6.45, 7) is 4.36. The zero-order valence-corrected chi connectivity index (χ0v) is 12.3. The van der Waals surface area contributed by atoms with Gasteiger partial charge in [-0.3, -0.25) is 0 Å². The highest BCUT2D eigenvalue weighted by atomic mass is 32.2. The number of benzene rings is 1. The molecule has 0 aromatic heterocycles. The smallest absolute Gasteiger partial charge is 0.240 e. The quantitative estimate of drug-likeness (QED) is 0.874. The molecule has 2 rings (SSSR count). The average molecular weight is 293 g/mol. The van der Waals surface area contributed by atoms with Crippen molar-refractivity contribution in [2.75, 3.05) is 19.6 Å². The van der Waals surface area contributed by atoms with Gasteiger partial charge < -0.3 is 5.32 Å². The highest BCUT2D eigenvalue weighted by molar-refractivity contribution is 7.89. The van der Waals surface area contributed by atoms with Gasteiger partial charge in [-0.05, 0) is 49.5 Å². The van der Waals surface area contributed by atoms with Crippen molar-refractivity contribution in [3.8, 4) is 6.07 Å². The van der Waals surface area contributed by atoms with E-state index < -0.39 is 10.0 Å². The Labute approximate surface area is 120 Å². The molecule has 0 bridgehead atoms. The Balaban J connectivity index is 2.09. The van der Waals surface area contributed by atoms with Gasteiger partial charge in [-0.1, -0.05) is 13.0 Å². The largest absolute Gasteiger partial charge is 0.317 e. The van der Waals surface area contributed by atoms with Crippen LogP contribution in [0, 0.1) is 16.7 Å². The molecule has 0 atom stereocenters. The molecule has 5 nitrogen and oxygen atoms in total. The van der Waals surface area contributed by atoms with E-state index in [2.05, 4.69) is 17.0 Å². The molecule has 6 heteroatoms. The highest BCUT2D eigenvalue weighted by Gasteiger charge is 2.28. The van der Waals surface area contributed by atoms with E-state index in [1.54, 1.807) is 12.1 Å². The normalized spacial score (nSPS) is 18.4. The van der Waals surface area contributed by atoms with Crippen LogP contribution in [0.4, 0.5) is 0 Å². The van der Waals surface area contributed by atoms with E-state index in [0.717, 1.165) is 25.9 Å². The Morgan fingerprint density at radius 3 is 2.75 bits per heavy atom. The molecule has 1 fully saturated rings. The molecule has 108 valence electrons. The molecular weight excluding hydrogens is 274 g/mol. The van der Waals surface area contributed by atoms with Gasteiger partial charge in [-0.2, -0.15) is 5.26 Å². The third kappa shape index (κ3) is 3.57. The summed E-state index contributed by atoms with van der Waals surface area (Å²) in [5.41, 5.74) is 0.339. The minimum atomic E-state index is -3.55. The van der Waals surface area contributed by atoms with Gasteiger partial charge in [0.05, 0.1) is 16.5 Å². The first-order valence-electron chi connectivity index (χ1n) is 6.66. The zero-order chi connectivity index (χ0) is 14.6. The maximum Gasteiger partial charge on any atom is 0.240 e. The van der Waals surface area contributed by atoms with Crippen molar-refractivity contribution in [3.05, 3.63) is 29.8 Å². The fraction of sp³-hybridized carbons (Fsp3) is 0.500. The van der Waals surface area contributed by atoms with Gasteiger partial charge in [-0.25, -0.2) is 13.1 Å². The molecule has 0 saturated carbocycles. The van der Waals surface area contributed by atoms with E-state index in [1.807, 2.05) is 6.07 Å². The van der Waals surface area contributed by atoms with Crippen LogP contribution in [0.2, 0.25) is 0 Å².